The van der Waals surface area contributed by atoms with Crippen LogP contribution in [0.3, 0.4) is 0 Å². The fourth-order valence-electron chi connectivity index (χ4n) is 1.89. The molecule has 0 radical (unpaired) electrons. The Morgan fingerprint density at radius 1 is 1.31 bits per heavy atom. The van der Waals surface area contributed by atoms with Gasteiger partial charge < -0.3 is 10.2 Å². The summed E-state index contributed by atoms with van der Waals surface area (Å²) in [5, 5.41) is 18.8. The molecule has 1 aliphatic rings. The third-order valence-corrected chi connectivity index (χ3v) is 2.82. The van der Waals surface area contributed by atoms with Crippen LogP contribution in [0, 0.1) is 5.92 Å². The van der Waals surface area contributed by atoms with E-state index in [1.165, 1.54) is 0 Å². The first kappa shape index (κ1) is 8.73. The molecule has 0 aliphatic heterocycles. The van der Waals surface area contributed by atoms with Crippen molar-refractivity contribution in [2.45, 2.75) is 18.4 Å². The van der Waals surface area contributed by atoms with Gasteiger partial charge in [-0.05, 0) is 24.3 Å². The monoisotopic (exact) mass is 178 g/mol. The first-order chi connectivity index (χ1) is 6.27. The van der Waals surface area contributed by atoms with Crippen LogP contribution in [0.25, 0.3) is 0 Å². The molecule has 70 valence electrons. The minimum Gasteiger partial charge on any atom is -0.396 e. The highest BCUT2D eigenvalue weighted by Crippen LogP contribution is 2.53. The first-order valence-electron chi connectivity index (χ1n) is 4.66. The van der Waals surface area contributed by atoms with E-state index >= 15 is 0 Å². The third-order valence-electron chi connectivity index (χ3n) is 2.82. The summed E-state index contributed by atoms with van der Waals surface area (Å²) >= 11 is 0. The number of aliphatic hydroxyl groups is 2. The molecule has 2 nitrogen and oxygen atoms in total. The van der Waals surface area contributed by atoms with Crippen molar-refractivity contribution < 1.29 is 10.2 Å². The molecule has 0 unspecified atom stereocenters. The summed E-state index contributed by atoms with van der Waals surface area (Å²) in [5.74, 6) is 0.250. The number of benzene rings is 1. The Balaban J connectivity index is 2.11. The molecule has 0 amide bonds. The Bertz CT molecular complexity index is 283. The maximum atomic E-state index is 10.1. The Labute approximate surface area is 77.8 Å². The van der Waals surface area contributed by atoms with Crippen molar-refractivity contribution in [1.82, 2.24) is 0 Å². The molecule has 1 saturated carbocycles. The lowest BCUT2D eigenvalue weighted by Crippen LogP contribution is -2.09. The van der Waals surface area contributed by atoms with Crippen molar-refractivity contribution in [3.63, 3.8) is 0 Å². The van der Waals surface area contributed by atoms with E-state index in [0.717, 1.165) is 12.0 Å². The largest absolute Gasteiger partial charge is 0.396 e. The second-order valence-corrected chi connectivity index (χ2v) is 3.70. The van der Waals surface area contributed by atoms with Gasteiger partial charge in [0.1, 0.15) is 0 Å². The van der Waals surface area contributed by atoms with Crippen molar-refractivity contribution in [2.75, 3.05) is 6.61 Å². The lowest BCUT2D eigenvalue weighted by atomic mass is 10.0. The summed E-state index contributed by atoms with van der Waals surface area (Å²) in [5.41, 5.74) is 0.331. The van der Waals surface area contributed by atoms with Gasteiger partial charge in [0.15, 0.2) is 0 Å². The molecule has 0 spiro atoms. The fraction of sp³-hybridized carbons (Fsp3) is 0.455. The maximum Gasteiger partial charge on any atom is 0.0930 e. The number of hydrogen-bond donors (Lipinski definition) is 2. The van der Waals surface area contributed by atoms with E-state index in [9.17, 15) is 5.11 Å². The van der Waals surface area contributed by atoms with Gasteiger partial charge in [-0.3, -0.25) is 0 Å². The van der Waals surface area contributed by atoms with Crippen LogP contribution < -0.4 is 0 Å². The van der Waals surface area contributed by atoms with E-state index in [2.05, 4.69) is 0 Å². The lowest BCUT2D eigenvalue weighted by molar-refractivity contribution is 0.122. The molecular weight excluding hydrogens is 164 g/mol. The van der Waals surface area contributed by atoms with Crippen molar-refractivity contribution in [1.29, 1.82) is 0 Å². The van der Waals surface area contributed by atoms with Gasteiger partial charge in [0.2, 0.25) is 0 Å². The minimum atomic E-state index is -0.649. The number of aliphatic hydroxyl groups excluding tert-OH is 1. The van der Waals surface area contributed by atoms with Gasteiger partial charge in [0.05, 0.1) is 5.60 Å². The number of hydrogen-bond acceptors (Lipinski definition) is 2. The smallest absolute Gasteiger partial charge is 0.0930 e. The van der Waals surface area contributed by atoms with Gasteiger partial charge in [-0.2, -0.15) is 0 Å². The van der Waals surface area contributed by atoms with Crippen LogP contribution >= 0.6 is 0 Å². The highest BCUT2D eigenvalue weighted by Gasteiger charge is 2.53. The Kier molecular flexibility index (Phi) is 2.10. The summed E-state index contributed by atoms with van der Waals surface area (Å²) in [6.45, 7) is 0.166. The lowest BCUT2D eigenvalue weighted by Gasteiger charge is -2.09. The normalized spacial score (nSPS) is 31.7. The molecule has 1 aliphatic carbocycles. The Morgan fingerprint density at radius 2 is 2.00 bits per heavy atom. The topological polar surface area (TPSA) is 40.5 Å². The Hall–Kier alpha value is -0.860. The van der Waals surface area contributed by atoms with Gasteiger partial charge in [-0.15, -0.1) is 0 Å². The highest BCUT2D eigenvalue weighted by molar-refractivity contribution is 5.29. The second-order valence-electron chi connectivity index (χ2n) is 3.70. The van der Waals surface area contributed by atoms with Crippen LogP contribution in [0.5, 0.6) is 0 Å². The molecule has 0 bridgehead atoms. The van der Waals surface area contributed by atoms with Crippen LogP contribution in [0.15, 0.2) is 30.3 Å². The zero-order valence-electron chi connectivity index (χ0n) is 7.48. The molecular formula is C11H14O2. The van der Waals surface area contributed by atoms with Gasteiger partial charge >= 0.3 is 0 Å². The second kappa shape index (κ2) is 3.13. The molecule has 2 rings (SSSR count). The molecule has 2 heteroatoms. The molecule has 1 aromatic rings. The van der Waals surface area contributed by atoms with E-state index in [1.54, 1.807) is 0 Å². The van der Waals surface area contributed by atoms with Crippen molar-refractivity contribution in [3.05, 3.63) is 35.9 Å². The Morgan fingerprint density at radius 3 is 2.62 bits per heavy atom. The van der Waals surface area contributed by atoms with E-state index in [4.69, 9.17) is 5.11 Å². The van der Waals surface area contributed by atoms with Crippen LogP contribution in [0.1, 0.15) is 18.4 Å². The van der Waals surface area contributed by atoms with Crippen molar-refractivity contribution >= 4 is 0 Å². The summed E-state index contributed by atoms with van der Waals surface area (Å²) in [6.07, 6.45) is 1.49. The minimum absolute atomic E-state index is 0.166. The zero-order valence-corrected chi connectivity index (χ0v) is 7.48. The SMILES string of the molecule is OCC[C@@H]1C[C@]1(O)c1ccccc1. The molecule has 2 atom stereocenters. The standard InChI is InChI=1S/C11H14O2/c12-7-6-10-8-11(10,13)9-4-2-1-3-5-9/h1-5,10,12-13H,6-8H2/t10-,11+/m1/s1. The van der Waals surface area contributed by atoms with Crippen LogP contribution in [0.2, 0.25) is 0 Å². The van der Waals surface area contributed by atoms with Crippen molar-refractivity contribution in [3.8, 4) is 0 Å². The first-order valence-corrected chi connectivity index (χ1v) is 4.66. The summed E-state index contributed by atoms with van der Waals surface area (Å²) in [6, 6.07) is 9.69. The molecule has 13 heavy (non-hydrogen) atoms. The molecule has 2 N–H and O–H groups in total. The summed E-state index contributed by atoms with van der Waals surface area (Å²) < 4.78 is 0. The highest BCUT2D eigenvalue weighted by atomic mass is 16.3. The average Bonchev–Trinajstić information content (AvgIpc) is 2.81. The van der Waals surface area contributed by atoms with E-state index in [0.29, 0.717) is 6.42 Å². The van der Waals surface area contributed by atoms with Crippen molar-refractivity contribution in [2.24, 2.45) is 5.92 Å². The zero-order chi connectivity index (χ0) is 9.31. The third kappa shape index (κ3) is 1.47. The number of rotatable bonds is 3. The summed E-state index contributed by atoms with van der Waals surface area (Å²) in [4.78, 5) is 0. The summed E-state index contributed by atoms with van der Waals surface area (Å²) in [7, 11) is 0. The van der Waals surface area contributed by atoms with Crippen LogP contribution in [-0.4, -0.2) is 16.8 Å². The van der Waals surface area contributed by atoms with E-state index in [-0.39, 0.29) is 12.5 Å². The van der Waals surface area contributed by atoms with Crippen LogP contribution in [0.4, 0.5) is 0 Å². The predicted molar refractivity (Wildman–Crippen MR) is 50.1 cm³/mol. The molecule has 1 aromatic carbocycles. The van der Waals surface area contributed by atoms with Gasteiger partial charge in [0.25, 0.3) is 0 Å². The van der Waals surface area contributed by atoms with Gasteiger partial charge in [0, 0.05) is 6.61 Å². The van der Waals surface area contributed by atoms with Gasteiger partial charge in [-0.1, -0.05) is 30.3 Å². The maximum absolute atomic E-state index is 10.1. The van der Waals surface area contributed by atoms with Crippen LogP contribution in [-0.2, 0) is 5.60 Å². The van der Waals surface area contributed by atoms with Gasteiger partial charge in [-0.25, -0.2) is 0 Å². The quantitative estimate of drug-likeness (QED) is 0.732. The molecule has 0 heterocycles. The van der Waals surface area contributed by atoms with E-state index < -0.39 is 5.60 Å². The fourth-order valence-corrected chi connectivity index (χ4v) is 1.89. The molecule has 0 aromatic heterocycles. The molecule has 1 fully saturated rings. The van der Waals surface area contributed by atoms with E-state index in [1.807, 2.05) is 30.3 Å². The average molecular weight is 178 g/mol. The predicted octanol–water partition coefficient (Wildman–Crippen LogP) is 1.28. The molecule has 0 saturated heterocycles.